The second-order valence-corrected chi connectivity index (χ2v) is 9.65. The molecule has 0 spiro atoms. The molecule has 32 heavy (non-hydrogen) atoms. The lowest BCUT2D eigenvalue weighted by molar-refractivity contribution is -0.125. The van der Waals surface area contributed by atoms with Crippen molar-refractivity contribution in [2.75, 3.05) is 30.4 Å². The van der Waals surface area contributed by atoms with Crippen LogP contribution in [0.4, 0.5) is 15.8 Å². The minimum Gasteiger partial charge on any atom is -0.373 e. The number of halogens is 3. The zero-order chi connectivity index (χ0) is 23.4. The van der Waals surface area contributed by atoms with Crippen molar-refractivity contribution in [1.82, 2.24) is 4.90 Å². The zero-order valence-corrected chi connectivity index (χ0v) is 19.6. The molecule has 2 amide bonds. The number of anilines is 2. The molecule has 1 atom stereocenters. The maximum atomic E-state index is 15.1. The topological polar surface area (TPSA) is 52.7 Å². The molecule has 2 aliphatic rings. The molecule has 1 saturated heterocycles. The third kappa shape index (κ3) is 3.37. The third-order valence-electron chi connectivity index (χ3n) is 6.53. The molecule has 0 aliphatic carbocycles. The second kappa shape index (κ2) is 7.78. The highest BCUT2D eigenvalue weighted by Gasteiger charge is 2.46. The van der Waals surface area contributed by atoms with Gasteiger partial charge in [-0.1, -0.05) is 35.8 Å². The minimum absolute atomic E-state index is 0.00640. The molecule has 0 aromatic heterocycles. The number of hydrogen-bond donors (Lipinski definition) is 1. The Morgan fingerprint density at radius 2 is 1.97 bits per heavy atom. The quantitative estimate of drug-likeness (QED) is 0.493. The predicted molar refractivity (Wildman–Crippen MR) is 126 cm³/mol. The second-order valence-electron chi connectivity index (χ2n) is 8.86. The van der Waals surface area contributed by atoms with Crippen LogP contribution in [0.3, 0.4) is 0 Å². The van der Waals surface area contributed by atoms with E-state index in [1.165, 1.54) is 18.2 Å². The van der Waals surface area contributed by atoms with Gasteiger partial charge in [-0.3, -0.25) is 9.59 Å². The number of likely N-dealkylation sites (N-methyl/N-ethyl adjacent to an activating group) is 1. The van der Waals surface area contributed by atoms with Gasteiger partial charge in [-0.05, 0) is 56.2 Å². The highest BCUT2D eigenvalue weighted by molar-refractivity contribution is 6.42. The number of carbonyl (C=O) groups is 2. The number of benzene rings is 2. The number of nitrogens with zero attached hydrogens (tertiary/aromatic N) is 2. The molecule has 1 unspecified atom stereocenters. The highest BCUT2D eigenvalue weighted by Crippen LogP contribution is 2.46. The summed E-state index contributed by atoms with van der Waals surface area (Å²) in [6.45, 7) is 7.93. The van der Waals surface area contributed by atoms with Gasteiger partial charge in [0.05, 0.1) is 21.0 Å². The van der Waals surface area contributed by atoms with Gasteiger partial charge in [0.25, 0.3) is 0 Å². The summed E-state index contributed by atoms with van der Waals surface area (Å²) in [5, 5.41) is 3.78. The molecular formula is C24H24Cl2FN3O2. The molecule has 2 aliphatic heterocycles. The Bertz CT molecular complexity index is 1150. The van der Waals surface area contributed by atoms with Crippen molar-refractivity contribution >= 4 is 46.4 Å². The molecule has 4 rings (SSSR count). The molecule has 0 radical (unpaired) electrons. The zero-order valence-electron chi connectivity index (χ0n) is 18.1. The van der Waals surface area contributed by atoms with Crippen LogP contribution in [0.15, 0.2) is 43.0 Å². The van der Waals surface area contributed by atoms with Crippen LogP contribution in [0.2, 0.25) is 10.0 Å². The van der Waals surface area contributed by atoms with E-state index in [-0.39, 0.29) is 34.0 Å². The van der Waals surface area contributed by atoms with Gasteiger partial charge in [0.1, 0.15) is 5.82 Å². The number of likely N-dealkylation sites (tertiary alicyclic amines) is 1. The summed E-state index contributed by atoms with van der Waals surface area (Å²) >= 11 is 12.7. The number of rotatable bonds is 4. The average Bonchev–Trinajstić information content (AvgIpc) is 3.25. The Kier molecular flexibility index (Phi) is 5.50. The van der Waals surface area contributed by atoms with Crippen LogP contribution in [0.5, 0.6) is 0 Å². The Labute approximate surface area is 196 Å². The van der Waals surface area contributed by atoms with Gasteiger partial charge in [0, 0.05) is 37.1 Å². The van der Waals surface area contributed by atoms with Crippen molar-refractivity contribution in [2.45, 2.75) is 31.2 Å². The lowest BCUT2D eigenvalue weighted by Gasteiger charge is -2.34. The fourth-order valence-electron chi connectivity index (χ4n) is 4.80. The van der Waals surface area contributed by atoms with Crippen LogP contribution in [0, 0.1) is 5.82 Å². The molecule has 2 heterocycles. The van der Waals surface area contributed by atoms with E-state index >= 15 is 4.39 Å². The van der Waals surface area contributed by atoms with Gasteiger partial charge in [0.2, 0.25) is 11.8 Å². The number of amides is 2. The largest absolute Gasteiger partial charge is 0.373 e. The lowest BCUT2D eigenvalue weighted by Crippen LogP contribution is -2.41. The minimum atomic E-state index is -1.00. The van der Waals surface area contributed by atoms with E-state index < -0.39 is 16.8 Å². The van der Waals surface area contributed by atoms with Crippen molar-refractivity contribution < 1.29 is 14.0 Å². The van der Waals surface area contributed by atoms with E-state index in [1.807, 2.05) is 32.0 Å². The highest BCUT2D eigenvalue weighted by atomic mass is 35.5. The Morgan fingerprint density at radius 3 is 2.66 bits per heavy atom. The number of carbonyl (C=O) groups excluding carboxylic acids is 2. The van der Waals surface area contributed by atoms with Gasteiger partial charge < -0.3 is 15.1 Å². The summed E-state index contributed by atoms with van der Waals surface area (Å²) in [6.07, 6.45) is 1.66. The molecule has 0 saturated carbocycles. The van der Waals surface area contributed by atoms with E-state index in [0.717, 1.165) is 11.3 Å². The van der Waals surface area contributed by atoms with E-state index in [4.69, 9.17) is 23.2 Å². The Hall–Kier alpha value is -2.57. The predicted octanol–water partition coefficient (Wildman–Crippen LogP) is 5.11. The van der Waals surface area contributed by atoms with Gasteiger partial charge in [-0.15, -0.1) is 0 Å². The molecule has 5 nitrogen and oxygen atoms in total. The molecular weight excluding hydrogens is 452 g/mol. The van der Waals surface area contributed by atoms with Crippen LogP contribution in [-0.2, 0) is 20.5 Å². The van der Waals surface area contributed by atoms with E-state index in [0.29, 0.717) is 18.7 Å². The van der Waals surface area contributed by atoms with Crippen LogP contribution >= 0.6 is 23.2 Å². The van der Waals surface area contributed by atoms with Crippen molar-refractivity contribution in [3.05, 3.63) is 70.0 Å². The Morgan fingerprint density at radius 1 is 1.25 bits per heavy atom. The van der Waals surface area contributed by atoms with E-state index in [1.54, 1.807) is 16.8 Å². The Balaban J connectivity index is 1.81. The third-order valence-corrected chi connectivity index (χ3v) is 7.34. The lowest BCUT2D eigenvalue weighted by atomic mass is 9.85. The van der Waals surface area contributed by atoms with Gasteiger partial charge in [-0.2, -0.15) is 0 Å². The maximum absolute atomic E-state index is 15.1. The van der Waals surface area contributed by atoms with E-state index in [9.17, 15) is 9.59 Å². The standard InChI is InChI=1S/C24H24Cl2FN3O2/c1-5-19(31)30-11-10-24(13-30,20-17(27)9-8-16(25)21(20)26)28-14-6-7-15-18(12-14)29(4)22(32)23(15,2)3/h5-9,12,28H,1,10-11,13H2,2-4H3. The van der Waals surface area contributed by atoms with Crippen LogP contribution in [0.25, 0.3) is 0 Å². The van der Waals surface area contributed by atoms with Gasteiger partial charge >= 0.3 is 0 Å². The van der Waals surface area contributed by atoms with Crippen molar-refractivity contribution in [2.24, 2.45) is 0 Å². The van der Waals surface area contributed by atoms with Crippen molar-refractivity contribution in [3.8, 4) is 0 Å². The monoisotopic (exact) mass is 475 g/mol. The van der Waals surface area contributed by atoms with E-state index in [2.05, 4.69) is 11.9 Å². The average molecular weight is 476 g/mol. The smallest absolute Gasteiger partial charge is 0.246 e. The number of hydrogen-bond acceptors (Lipinski definition) is 3. The molecule has 8 heteroatoms. The van der Waals surface area contributed by atoms with Crippen molar-refractivity contribution in [1.29, 1.82) is 0 Å². The fourth-order valence-corrected chi connectivity index (χ4v) is 5.29. The van der Waals surface area contributed by atoms with Gasteiger partial charge in [0.15, 0.2) is 0 Å². The first-order chi connectivity index (χ1) is 15.0. The van der Waals surface area contributed by atoms with Crippen LogP contribution < -0.4 is 10.2 Å². The van der Waals surface area contributed by atoms with Crippen LogP contribution in [-0.4, -0.2) is 36.9 Å². The fraction of sp³-hybridized carbons (Fsp3) is 0.333. The summed E-state index contributed by atoms with van der Waals surface area (Å²) in [5.41, 5.74) is 0.987. The normalized spacial score (nSPS) is 21.6. The maximum Gasteiger partial charge on any atom is 0.246 e. The first-order valence-electron chi connectivity index (χ1n) is 10.3. The summed E-state index contributed by atoms with van der Waals surface area (Å²) in [7, 11) is 1.74. The summed E-state index contributed by atoms with van der Waals surface area (Å²) < 4.78 is 15.1. The first kappa shape index (κ1) is 22.6. The molecule has 0 bridgehead atoms. The molecule has 168 valence electrons. The summed E-state index contributed by atoms with van der Waals surface area (Å²) in [5.74, 6) is -0.741. The molecule has 1 fully saturated rings. The van der Waals surface area contributed by atoms with Crippen molar-refractivity contribution in [3.63, 3.8) is 0 Å². The molecule has 2 aromatic carbocycles. The van der Waals surface area contributed by atoms with Gasteiger partial charge in [-0.25, -0.2) is 4.39 Å². The SMILES string of the molecule is C=CC(=O)N1CCC(Nc2ccc3c(c2)N(C)C(=O)C3(C)C)(c2c(F)ccc(Cl)c2Cl)C1. The first-order valence-corrected chi connectivity index (χ1v) is 11.0. The summed E-state index contributed by atoms with van der Waals surface area (Å²) in [4.78, 5) is 28.2. The summed E-state index contributed by atoms with van der Waals surface area (Å²) in [6, 6.07) is 8.34. The number of nitrogens with one attached hydrogen (secondary N) is 1. The number of fused-ring (bicyclic) bond motifs is 1. The van der Waals surface area contributed by atoms with Crippen LogP contribution in [0.1, 0.15) is 31.4 Å². The molecule has 2 aromatic rings. The molecule has 1 N–H and O–H groups in total.